The summed E-state index contributed by atoms with van der Waals surface area (Å²) >= 11 is 3.42. The zero-order valence-corrected chi connectivity index (χ0v) is 11.6. The van der Waals surface area contributed by atoms with Crippen LogP contribution >= 0.6 is 15.9 Å². The van der Waals surface area contributed by atoms with Gasteiger partial charge in [-0.2, -0.15) is 5.26 Å². The van der Waals surface area contributed by atoms with Gasteiger partial charge in [0.05, 0.1) is 6.04 Å². The van der Waals surface area contributed by atoms with Gasteiger partial charge in [0.25, 0.3) is 0 Å². The summed E-state index contributed by atoms with van der Waals surface area (Å²) < 4.78 is 2.95. The molecule has 2 aromatic rings. The zero-order chi connectivity index (χ0) is 13.1. The number of rotatable bonds is 3. The predicted octanol–water partition coefficient (Wildman–Crippen LogP) is 3.06. The van der Waals surface area contributed by atoms with Crippen LogP contribution in [0.15, 0.2) is 47.1 Å². The molecule has 4 heteroatoms. The number of nitrogens with zero attached hydrogens (tertiary/aromatic N) is 2. The molecule has 0 saturated carbocycles. The van der Waals surface area contributed by atoms with Gasteiger partial charge in [-0.15, -0.1) is 0 Å². The number of benzene rings is 1. The van der Waals surface area contributed by atoms with Gasteiger partial charge in [-0.25, -0.2) is 0 Å². The number of aromatic nitrogens is 1. The van der Waals surface area contributed by atoms with Gasteiger partial charge in [-0.05, 0) is 36.8 Å². The standard InChI is InChI=1S/C14H14BrN3/c1-10(17)14(11-4-6-12(15)7-5-11)18-8-2-3-13(18)9-16/h2-8,10,14H,17H2,1H3. The van der Waals surface area contributed by atoms with Crippen molar-refractivity contribution in [1.82, 2.24) is 4.57 Å². The van der Waals surface area contributed by atoms with Gasteiger partial charge < -0.3 is 10.3 Å². The predicted molar refractivity (Wildman–Crippen MR) is 75.1 cm³/mol. The Kier molecular flexibility index (Phi) is 3.85. The van der Waals surface area contributed by atoms with E-state index in [1.807, 2.05) is 48.0 Å². The minimum atomic E-state index is -0.0781. The van der Waals surface area contributed by atoms with Crippen molar-refractivity contribution < 1.29 is 0 Å². The molecule has 18 heavy (non-hydrogen) atoms. The van der Waals surface area contributed by atoms with E-state index in [0.717, 1.165) is 10.0 Å². The first-order chi connectivity index (χ1) is 8.63. The topological polar surface area (TPSA) is 54.7 Å². The minimum Gasteiger partial charge on any atom is -0.330 e. The molecule has 0 aliphatic rings. The Labute approximate surface area is 115 Å². The molecule has 0 radical (unpaired) electrons. The maximum Gasteiger partial charge on any atom is 0.120 e. The minimum absolute atomic E-state index is 0.0252. The summed E-state index contributed by atoms with van der Waals surface area (Å²) in [5.41, 5.74) is 7.80. The van der Waals surface area contributed by atoms with Crippen LogP contribution in [-0.4, -0.2) is 10.6 Å². The summed E-state index contributed by atoms with van der Waals surface area (Å²) in [5, 5.41) is 9.11. The van der Waals surface area contributed by atoms with E-state index in [9.17, 15) is 0 Å². The molecule has 2 rings (SSSR count). The van der Waals surface area contributed by atoms with Crippen LogP contribution in [0.3, 0.4) is 0 Å². The first kappa shape index (κ1) is 12.9. The molecule has 0 aliphatic heterocycles. The third-order valence-corrected chi connectivity index (χ3v) is 3.43. The largest absolute Gasteiger partial charge is 0.330 e. The van der Waals surface area contributed by atoms with Crippen LogP contribution in [0.25, 0.3) is 0 Å². The Morgan fingerprint density at radius 2 is 1.94 bits per heavy atom. The highest BCUT2D eigenvalue weighted by Gasteiger charge is 2.19. The fraction of sp³-hybridized carbons (Fsp3) is 0.214. The van der Waals surface area contributed by atoms with Crippen LogP contribution < -0.4 is 5.73 Å². The molecule has 0 saturated heterocycles. The summed E-state index contributed by atoms with van der Waals surface area (Å²) in [4.78, 5) is 0. The van der Waals surface area contributed by atoms with Crippen molar-refractivity contribution in [3.8, 4) is 6.07 Å². The third-order valence-electron chi connectivity index (χ3n) is 2.90. The maximum atomic E-state index is 9.11. The van der Waals surface area contributed by atoms with Gasteiger partial charge in [0, 0.05) is 16.7 Å². The van der Waals surface area contributed by atoms with Gasteiger partial charge >= 0.3 is 0 Å². The van der Waals surface area contributed by atoms with Crippen LogP contribution in [0, 0.1) is 11.3 Å². The molecule has 0 spiro atoms. The van der Waals surface area contributed by atoms with E-state index in [1.165, 1.54) is 0 Å². The second kappa shape index (κ2) is 5.38. The van der Waals surface area contributed by atoms with Crippen molar-refractivity contribution >= 4 is 15.9 Å². The number of hydrogen-bond donors (Lipinski definition) is 1. The first-order valence-corrected chi connectivity index (χ1v) is 6.50. The van der Waals surface area contributed by atoms with Crippen molar-refractivity contribution in [2.24, 2.45) is 5.73 Å². The highest BCUT2D eigenvalue weighted by Crippen LogP contribution is 2.24. The van der Waals surface area contributed by atoms with Gasteiger partial charge in [0.15, 0.2) is 0 Å². The lowest BCUT2D eigenvalue weighted by Crippen LogP contribution is -2.30. The molecule has 2 N–H and O–H groups in total. The monoisotopic (exact) mass is 303 g/mol. The van der Waals surface area contributed by atoms with Gasteiger partial charge in [-0.3, -0.25) is 0 Å². The Morgan fingerprint density at radius 3 is 2.50 bits per heavy atom. The molecule has 2 unspecified atom stereocenters. The molecule has 2 atom stereocenters. The smallest absolute Gasteiger partial charge is 0.120 e. The average molecular weight is 304 g/mol. The second-order valence-electron chi connectivity index (χ2n) is 4.27. The molecular weight excluding hydrogens is 290 g/mol. The van der Waals surface area contributed by atoms with Crippen molar-refractivity contribution in [3.63, 3.8) is 0 Å². The molecule has 0 aliphatic carbocycles. The second-order valence-corrected chi connectivity index (χ2v) is 5.18. The Bertz CT molecular complexity index is 563. The van der Waals surface area contributed by atoms with Crippen molar-refractivity contribution in [1.29, 1.82) is 5.26 Å². The fourth-order valence-electron chi connectivity index (χ4n) is 2.11. The maximum absolute atomic E-state index is 9.11. The molecule has 92 valence electrons. The van der Waals surface area contributed by atoms with Crippen molar-refractivity contribution in [2.45, 2.75) is 19.0 Å². The molecule has 1 aromatic heterocycles. The Morgan fingerprint density at radius 1 is 1.28 bits per heavy atom. The normalized spacial score (nSPS) is 13.9. The highest BCUT2D eigenvalue weighted by molar-refractivity contribution is 9.10. The van der Waals surface area contributed by atoms with E-state index in [0.29, 0.717) is 5.69 Å². The van der Waals surface area contributed by atoms with E-state index >= 15 is 0 Å². The van der Waals surface area contributed by atoms with Crippen LogP contribution in [0.4, 0.5) is 0 Å². The zero-order valence-electron chi connectivity index (χ0n) is 10.0. The molecule has 0 bridgehead atoms. The van der Waals surface area contributed by atoms with Crippen LogP contribution in [0.2, 0.25) is 0 Å². The summed E-state index contributed by atoms with van der Waals surface area (Å²) in [7, 11) is 0. The number of nitriles is 1. The lowest BCUT2D eigenvalue weighted by Gasteiger charge is -2.24. The van der Waals surface area contributed by atoms with Crippen LogP contribution in [0.1, 0.15) is 24.2 Å². The van der Waals surface area contributed by atoms with Crippen LogP contribution in [0.5, 0.6) is 0 Å². The molecule has 0 fully saturated rings. The van der Waals surface area contributed by atoms with E-state index in [2.05, 4.69) is 22.0 Å². The van der Waals surface area contributed by atoms with E-state index in [4.69, 9.17) is 11.0 Å². The first-order valence-electron chi connectivity index (χ1n) is 5.71. The van der Waals surface area contributed by atoms with E-state index in [-0.39, 0.29) is 12.1 Å². The number of hydrogen-bond acceptors (Lipinski definition) is 2. The van der Waals surface area contributed by atoms with Gasteiger partial charge in [0.1, 0.15) is 11.8 Å². The molecular formula is C14H14BrN3. The molecule has 3 nitrogen and oxygen atoms in total. The van der Waals surface area contributed by atoms with Crippen molar-refractivity contribution in [3.05, 3.63) is 58.3 Å². The summed E-state index contributed by atoms with van der Waals surface area (Å²) in [5.74, 6) is 0. The highest BCUT2D eigenvalue weighted by atomic mass is 79.9. The fourth-order valence-corrected chi connectivity index (χ4v) is 2.37. The average Bonchev–Trinajstić information content (AvgIpc) is 2.79. The summed E-state index contributed by atoms with van der Waals surface area (Å²) in [6.45, 7) is 1.95. The van der Waals surface area contributed by atoms with E-state index < -0.39 is 0 Å². The van der Waals surface area contributed by atoms with E-state index in [1.54, 1.807) is 6.07 Å². The molecule has 1 heterocycles. The third kappa shape index (κ3) is 2.47. The Hall–Kier alpha value is -1.57. The lowest BCUT2D eigenvalue weighted by atomic mass is 10.0. The number of halogens is 1. The molecule has 0 amide bonds. The lowest BCUT2D eigenvalue weighted by molar-refractivity contribution is 0.494. The molecule has 1 aromatic carbocycles. The summed E-state index contributed by atoms with van der Waals surface area (Å²) in [6.07, 6.45) is 1.90. The van der Waals surface area contributed by atoms with Gasteiger partial charge in [-0.1, -0.05) is 28.1 Å². The quantitative estimate of drug-likeness (QED) is 0.947. The SMILES string of the molecule is CC(N)C(c1ccc(Br)cc1)n1cccc1C#N. The Balaban J connectivity index is 2.47. The summed E-state index contributed by atoms with van der Waals surface area (Å²) in [6, 6.07) is 13.8. The number of nitrogens with two attached hydrogens (primary N) is 1. The van der Waals surface area contributed by atoms with Crippen LogP contribution in [-0.2, 0) is 0 Å². The van der Waals surface area contributed by atoms with Gasteiger partial charge in [0.2, 0.25) is 0 Å². The van der Waals surface area contributed by atoms with Crippen molar-refractivity contribution in [2.75, 3.05) is 0 Å².